The van der Waals surface area contributed by atoms with Crippen LogP contribution in [0.3, 0.4) is 0 Å². The fraction of sp³-hybridized carbons (Fsp3) is 0.231. The van der Waals surface area contributed by atoms with E-state index in [1.807, 2.05) is 0 Å². The van der Waals surface area contributed by atoms with Gasteiger partial charge in [0.1, 0.15) is 0 Å². The molecule has 8 heteroatoms. The molecule has 0 aliphatic rings. The molecule has 0 aliphatic carbocycles. The molecule has 114 valence electrons. The number of aliphatic hydroxyl groups is 1. The van der Waals surface area contributed by atoms with Crippen molar-refractivity contribution in [1.29, 1.82) is 0 Å². The predicted octanol–water partition coefficient (Wildman–Crippen LogP) is 4.57. The summed E-state index contributed by atoms with van der Waals surface area (Å²) >= 11 is 0.614. The molecule has 1 heterocycles. The Labute approximate surface area is 119 Å². The molecular weight excluding hydrogens is 318 g/mol. The number of benzene rings is 1. The molecule has 0 spiro atoms. The van der Waals surface area contributed by atoms with Crippen molar-refractivity contribution in [3.63, 3.8) is 0 Å². The Morgan fingerprint density at radius 3 is 1.95 bits per heavy atom. The Balaban J connectivity index is 2.64. The highest BCUT2D eigenvalue weighted by molar-refractivity contribution is 7.10. The average molecular weight is 326 g/mol. The van der Waals surface area contributed by atoms with Gasteiger partial charge in [0.25, 0.3) is 0 Å². The van der Waals surface area contributed by atoms with Crippen LogP contribution in [0.15, 0.2) is 41.8 Å². The van der Waals surface area contributed by atoms with E-state index in [9.17, 15) is 31.4 Å². The number of rotatable bonds is 2. The molecule has 1 atom stereocenters. The first-order valence-electron chi connectivity index (χ1n) is 5.57. The molecule has 0 bridgehead atoms. The SMILES string of the molecule is OC(c1cccc(C(F)(F)F)c1)(c1cccs1)C(F)(F)F. The van der Waals surface area contributed by atoms with Gasteiger partial charge in [-0.3, -0.25) is 0 Å². The van der Waals surface area contributed by atoms with Gasteiger partial charge in [-0.2, -0.15) is 26.3 Å². The Bertz CT molecular complexity index is 616. The minimum Gasteiger partial charge on any atom is -0.372 e. The molecule has 0 saturated carbocycles. The van der Waals surface area contributed by atoms with Crippen molar-refractivity contribution in [3.05, 3.63) is 57.8 Å². The second kappa shape index (κ2) is 5.03. The molecule has 21 heavy (non-hydrogen) atoms. The van der Waals surface area contributed by atoms with Crippen molar-refractivity contribution in [2.75, 3.05) is 0 Å². The number of thiophene rings is 1. The normalized spacial score (nSPS) is 15.8. The van der Waals surface area contributed by atoms with Crippen molar-refractivity contribution in [2.45, 2.75) is 18.0 Å². The van der Waals surface area contributed by atoms with Crippen LogP contribution in [-0.2, 0) is 11.8 Å². The van der Waals surface area contributed by atoms with Crippen LogP contribution < -0.4 is 0 Å². The van der Waals surface area contributed by atoms with Gasteiger partial charge in [0.2, 0.25) is 5.60 Å². The van der Waals surface area contributed by atoms with Gasteiger partial charge >= 0.3 is 12.4 Å². The quantitative estimate of drug-likeness (QED) is 0.802. The van der Waals surface area contributed by atoms with E-state index in [1.54, 1.807) is 0 Å². The van der Waals surface area contributed by atoms with Gasteiger partial charge in [0.05, 0.1) is 5.56 Å². The Morgan fingerprint density at radius 1 is 0.857 bits per heavy atom. The number of hydrogen-bond acceptors (Lipinski definition) is 2. The van der Waals surface area contributed by atoms with E-state index in [4.69, 9.17) is 0 Å². The standard InChI is InChI=1S/C13H8F6OS/c14-12(15,16)9-4-1-3-8(7-9)11(20,13(17,18)19)10-5-2-6-21-10/h1-7,20H. The molecule has 0 saturated heterocycles. The molecule has 1 aromatic heterocycles. The van der Waals surface area contributed by atoms with Crippen LogP contribution in [-0.4, -0.2) is 11.3 Å². The Morgan fingerprint density at radius 2 is 1.48 bits per heavy atom. The minimum absolute atomic E-state index is 0.313. The lowest BCUT2D eigenvalue weighted by atomic mass is 9.90. The van der Waals surface area contributed by atoms with E-state index in [0.29, 0.717) is 23.5 Å². The second-order valence-electron chi connectivity index (χ2n) is 4.26. The van der Waals surface area contributed by atoms with E-state index >= 15 is 0 Å². The third-order valence-electron chi connectivity index (χ3n) is 2.90. The topological polar surface area (TPSA) is 20.2 Å². The van der Waals surface area contributed by atoms with E-state index in [0.717, 1.165) is 18.2 Å². The summed E-state index contributed by atoms with van der Waals surface area (Å²) in [5, 5.41) is 11.4. The zero-order valence-electron chi connectivity index (χ0n) is 10.2. The summed E-state index contributed by atoms with van der Waals surface area (Å²) in [4.78, 5) is -0.491. The smallest absolute Gasteiger partial charge is 0.372 e. The van der Waals surface area contributed by atoms with E-state index in [1.165, 1.54) is 11.4 Å². The van der Waals surface area contributed by atoms with Gasteiger partial charge in [-0.25, -0.2) is 0 Å². The Hall–Kier alpha value is -1.54. The summed E-state index contributed by atoms with van der Waals surface area (Å²) in [6, 6.07) is 4.93. The third kappa shape index (κ3) is 2.77. The highest BCUT2D eigenvalue weighted by Crippen LogP contribution is 2.46. The fourth-order valence-electron chi connectivity index (χ4n) is 1.85. The van der Waals surface area contributed by atoms with E-state index < -0.39 is 34.0 Å². The summed E-state index contributed by atoms with van der Waals surface area (Å²) in [6.45, 7) is 0. The van der Waals surface area contributed by atoms with Crippen LogP contribution in [0.1, 0.15) is 16.0 Å². The first kappa shape index (κ1) is 15.8. The zero-order valence-corrected chi connectivity index (χ0v) is 11.0. The molecule has 0 aliphatic heterocycles. The van der Waals surface area contributed by atoms with Crippen molar-refractivity contribution >= 4 is 11.3 Å². The molecule has 2 rings (SSSR count). The highest BCUT2D eigenvalue weighted by atomic mass is 32.1. The van der Waals surface area contributed by atoms with Gasteiger partial charge in [-0.1, -0.05) is 18.2 Å². The van der Waals surface area contributed by atoms with Gasteiger partial charge in [0.15, 0.2) is 0 Å². The first-order valence-corrected chi connectivity index (χ1v) is 6.45. The number of hydrogen-bond donors (Lipinski definition) is 1. The molecule has 1 N–H and O–H groups in total. The molecule has 1 aromatic carbocycles. The largest absolute Gasteiger partial charge is 0.426 e. The molecule has 1 unspecified atom stereocenters. The second-order valence-corrected chi connectivity index (χ2v) is 5.21. The zero-order chi connectivity index (χ0) is 15.9. The lowest BCUT2D eigenvalue weighted by molar-refractivity contribution is -0.247. The highest BCUT2D eigenvalue weighted by Gasteiger charge is 2.57. The molecular formula is C13H8F6OS. The maximum absolute atomic E-state index is 13.3. The van der Waals surface area contributed by atoms with Crippen LogP contribution in [0.4, 0.5) is 26.3 Å². The molecule has 2 aromatic rings. The van der Waals surface area contributed by atoms with Gasteiger partial charge < -0.3 is 5.11 Å². The van der Waals surface area contributed by atoms with Gasteiger partial charge in [-0.05, 0) is 29.1 Å². The lowest BCUT2D eigenvalue weighted by Gasteiger charge is -2.30. The van der Waals surface area contributed by atoms with E-state index in [-0.39, 0.29) is 0 Å². The summed E-state index contributed by atoms with van der Waals surface area (Å²) in [5.74, 6) is 0. The lowest BCUT2D eigenvalue weighted by Crippen LogP contribution is -2.42. The summed E-state index contributed by atoms with van der Waals surface area (Å²) in [7, 11) is 0. The van der Waals surface area contributed by atoms with Crippen LogP contribution in [0, 0.1) is 0 Å². The van der Waals surface area contributed by atoms with Crippen LogP contribution in [0.5, 0.6) is 0 Å². The molecule has 0 radical (unpaired) electrons. The van der Waals surface area contributed by atoms with Crippen molar-refractivity contribution in [1.82, 2.24) is 0 Å². The third-order valence-corrected chi connectivity index (χ3v) is 3.87. The van der Waals surface area contributed by atoms with Crippen molar-refractivity contribution in [3.8, 4) is 0 Å². The van der Waals surface area contributed by atoms with Gasteiger partial charge in [0, 0.05) is 4.88 Å². The summed E-state index contributed by atoms with van der Waals surface area (Å²) in [6.07, 6.45) is -9.94. The maximum atomic E-state index is 13.3. The molecule has 0 fully saturated rings. The van der Waals surface area contributed by atoms with Crippen LogP contribution in [0.2, 0.25) is 0 Å². The van der Waals surface area contributed by atoms with Gasteiger partial charge in [-0.15, -0.1) is 11.3 Å². The summed E-state index contributed by atoms with van der Waals surface area (Å²) < 4.78 is 77.7. The van der Waals surface area contributed by atoms with E-state index in [2.05, 4.69) is 0 Å². The molecule has 1 nitrogen and oxygen atoms in total. The van der Waals surface area contributed by atoms with Crippen LogP contribution >= 0.6 is 11.3 Å². The number of alkyl halides is 6. The van der Waals surface area contributed by atoms with Crippen molar-refractivity contribution in [2.24, 2.45) is 0 Å². The monoisotopic (exact) mass is 326 g/mol. The first-order chi connectivity index (χ1) is 9.57. The minimum atomic E-state index is -5.15. The fourth-order valence-corrected chi connectivity index (χ4v) is 2.72. The predicted molar refractivity (Wildman–Crippen MR) is 64.8 cm³/mol. The Kier molecular flexibility index (Phi) is 3.79. The maximum Gasteiger partial charge on any atom is 0.426 e. The molecule has 0 amide bonds. The average Bonchev–Trinajstić information content (AvgIpc) is 2.89. The summed E-state index contributed by atoms with van der Waals surface area (Å²) in [5.41, 5.74) is -5.59. The van der Waals surface area contributed by atoms with Crippen LogP contribution in [0.25, 0.3) is 0 Å². The van der Waals surface area contributed by atoms with Crippen molar-refractivity contribution < 1.29 is 31.4 Å². The number of halogens is 6.